The summed E-state index contributed by atoms with van der Waals surface area (Å²) in [7, 11) is -3.72. The SMILES string of the molecule is CC(C)C(C)CNS(=O)(=O)c1cc(F)ccc1CN. The van der Waals surface area contributed by atoms with E-state index in [1.54, 1.807) is 0 Å². The number of hydrogen-bond acceptors (Lipinski definition) is 3. The summed E-state index contributed by atoms with van der Waals surface area (Å²) in [5, 5.41) is 0. The maximum absolute atomic E-state index is 13.2. The van der Waals surface area contributed by atoms with Crippen molar-refractivity contribution in [3.05, 3.63) is 29.6 Å². The van der Waals surface area contributed by atoms with Crippen LogP contribution in [0.15, 0.2) is 23.1 Å². The third kappa shape index (κ3) is 4.26. The number of nitrogens with one attached hydrogen (secondary N) is 1. The number of benzene rings is 1. The molecule has 3 N–H and O–H groups in total. The van der Waals surface area contributed by atoms with E-state index in [9.17, 15) is 12.8 Å². The van der Waals surface area contributed by atoms with Gasteiger partial charge in [-0.1, -0.05) is 26.8 Å². The molecule has 1 aromatic rings. The Morgan fingerprint density at radius 2 is 1.95 bits per heavy atom. The Hall–Kier alpha value is -0.980. The van der Waals surface area contributed by atoms with Crippen LogP contribution in [0.5, 0.6) is 0 Å². The van der Waals surface area contributed by atoms with Gasteiger partial charge in [0, 0.05) is 13.1 Å². The standard InChI is InChI=1S/C13H21FN2O2S/c1-9(2)10(3)8-16-19(17,18)13-6-12(14)5-4-11(13)7-15/h4-6,9-10,16H,7-8,15H2,1-3H3. The molecule has 0 fully saturated rings. The van der Waals surface area contributed by atoms with E-state index in [1.165, 1.54) is 12.1 Å². The second-order valence-corrected chi connectivity index (χ2v) is 6.76. The van der Waals surface area contributed by atoms with Crippen LogP contribution in [-0.4, -0.2) is 15.0 Å². The smallest absolute Gasteiger partial charge is 0.241 e. The summed E-state index contributed by atoms with van der Waals surface area (Å²) in [6, 6.07) is 3.61. The van der Waals surface area contributed by atoms with Crippen LogP contribution < -0.4 is 10.5 Å². The van der Waals surface area contributed by atoms with Crippen molar-refractivity contribution in [2.75, 3.05) is 6.54 Å². The topological polar surface area (TPSA) is 72.2 Å². The Balaban J connectivity index is 2.97. The highest BCUT2D eigenvalue weighted by atomic mass is 32.2. The second kappa shape index (κ2) is 6.45. The lowest BCUT2D eigenvalue weighted by Crippen LogP contribution is -2.31. The summed E-state index contributed by atoms with van der Waals surface area (Å²) in [6.07, 6.45) is 0. The highest BCUT2D eigenvalue weighted by Gasteiger charge is 2.20. The third-order valence-corrected chi connectivity index (χ3v) is 4.78. The molecule has 0 aliphatic carbocycles. The molecule has 0 saturated heterocycles. The second-order valence-electron chi connectivity index (χ2n) is 5.03. The fraction of sp³-hybridized carbons (Fsp3) is 0.538. The van der Waals surface area contributed by atoms with Crippen molar-refractivity contribution in [1.82, 2.24) is 4.72 Å². The normalized spacial score (nSPS) is 13.8. The van der Waals surface area contributed by atoms with Crippen LogP contribution in [-0.2, 0) is 16.6 Å². The zero-order chi connectivity index (χ0) is 14.6. The van der Waals surface area contributed by atoms with E-state index in [0.717, 1.165) is 6.07 Å². The first-order chi connectivity index (χ1) is 8.77. The van der Waals surface area contributed by atoms with E-state index < -0.39 is 15.8 Å². The average Bonchev–Trinajstić information content (AvgIpc) is 2.35. The van der Waals surface area contributed by atoms with Gasteiger partial charge >= 0.3 is 0 Å². The van der Waals surface area contributed by atoms with Crippen LogP contribution in [0, 0.1) is 17.7 Å². The van der Waals surface area contributed by atoms with E-state index in [0.29, 0.717) is 18.0 Å². The molecule has 1 aromatic carbocycles. The van der Waals surface area contributed by atoms with Crippen molar-refractivity contribution >= 4 is 10.0 Å². The molecule has 1 unspecified atom stereocenters. The van der Waals surface area contributed by atoms with Crippen LogP contribution >= 0.6 is 0 Å². The van der Waals surface area contributed by atoms with Gasteiger partial charge in [-0.05, 0) is 29.5 Å². The van der Waals surface area contributed by atoms with Crippen LogP contribution in [0.2, 0.25) is 0 Å². The molecule has 1 atom stereocenters. The summed E-state index contributed by atoms with van der Waals surface area (Å²) in [5.41, 5.74) is 5.90. The average molecular weight is 288 g/mol. The Bertz CT molecular complexity index is 529. The van der Waals surface area contributed by atoms with Crippen molar-refractivity contribution in [3.63, 3.8) is 0 Å². The van der Waals surface area contributed by atoms with Crippen LogP contribution in [0.1, 0.15) is 26.3 Å². The Morgan fingerprint density at radius 1 is 1.32 bits per heavy atom. The Kier molecular flexibility index (Phi) is 5.46. The molecule has 19 heavy (non-hydrogen) atoms. The Morgan fingerprint density at radius 3 is 2.47 bits per heavy atom. The van der Waals surface area contributed by atoms with Gasteiger partial charge in [-0.3, -0.25) is 0 Å². The van der Waals surface area contributed by atoms with E-state index in [2.05, 4.69) is 4.72 Å². The molecule has 1 rings (SSSR count). The maximum atomic E-state index is 13.2. The van der Waals surface area contributed by atoms with Crippen molar-refractivity contribution in [3.8, 4) is 0 Å². The minimum Gasteiger partial charge on any atom is -0.326 e. The molecule has 0 aliphatic heterocycles. The molecule has 0 bridgehead atoms. The minimum absolute atomic E-state index is 0.0518. The first-order valence-electron chi connectivity index (χ1n) is 6.26. The molecule has 0 amide bonds. The summed E-state index contributed by atoms with van der Waals surface area (Å²) in [4.78, 5) is -0.0778. The van der Waals surface area contributed by atoms with Gasteiger partial charge in [-0.2, -0.15) is 0 Å². The quantitative estimate of drug-likeness (QED) is 0.839. The molecule has 108 valence electrons. The van der Waals surface area contributed by atoms with Gasteiger partial charge in [0.25, 0.3) is 0 Å². The summed E-state index contributed by atoms with van der Waals surface area (Å²) < 4.78 is 40.0. The van der Waals surface area contributed by atoms with Crippen molar-refractivity contribution in [1.29, 1.82) is 0 Å². The molecule has 0 aliphatic rings. The van der Waals surface area contributed by atoms with Gasteiger partial charge < -0.3 is 5.73 Å². The summed E-state index contributed by atoms with van der Waals surface area (Å²) in [6.45, 7) is 6.37. The molecule has 0 radical (unpaired) electrons. The predicted molar refractivity (Wildman–Crippen MR) is 73.5 cm³/mol. The maximum Gasteiger partial charge on any atom is 0.241 e. The van der Waals surface area contributed by atoms with Gasteiger partial charge in [0.2, 0.25) is 10.0 Å². The highest BCUT2D eigenvalue weighted by Crippen LogP contribution is 2.17. The van der Waals surface area contributed by atoms with Gasteiger partial charge in [-0.25, -0.2) is 17.5 Å². The molecule has 0 spiro atoms. The number of rotatable bonds is 6. The fourth-order valence-corrected chi connectivity index (χ4v) is 2.90. The first-order valence-corrected chi connectivity index (χ1v) is 7.74. The summed E-state index contributed by atoms with van der Waals surface area (Å²) in [5.74, 6) is -0.0247. The van der Waals surface area contributed by atoms with Gasteiger partial charge in [0.15, 0.2) is 0 Å². The van der Waals surface area contributed by atoms with Crippen LogP contribution in [0.3, 0.4) is 0 Å². The lowest BCUT2D eigenvalue weighted by Gasteiger charge is -2.17. The molecule has 0 aromatic heterocycles. The first kappa shape index (κ1) is 16.1. The fourth-order valence-electron chi connectivity index (χ4n) is 1.50. The zero-order valence-corrected chi connectivity index (χ0v) is 12.3. The zero-order valence-electron chi connectivity index (χ0n) is 11.5. The molecular weight excluding hydrogens is 267 g/mol. The largest absolute Gasteiger partial charge is 0.326 e. The van der Waals surface area contributed by atoms with Gasteiger partial charge in [0.05, 0.1) is 4.90 Å². The highest BCUT2D eigenvalue weighted by molar-refractivity contribution is 7.89. The van der Waals surface area contributed by atoms with E-state index in [-0.39, 0.29) is 17.4 Å². The van der Waals surface area contributed by atoms with E-state index >= 15 is 0 Å². The van der Waals surface area contributed by atoms with Crippen LogP contribution in [0.4, 0.5) is 4.39 Å². The number of nitrogens with two attached hydrogens (primary N) is 1. The van der Waals surface area contributed by atoms with Crippen molar-refractivity contribution in [2.24, 2.45) is 17.6 Å². The monoisotopic (exact) mass is 288 g/mol. The molecule has 0 saturated carbocycles. The number of sulfonamides is 1. The lowest BCUT2D eigenvalue weighted by atomic mass is 9.99. The molecule has 0 heterocycles. The molecule has 4 nitrogen and oxygen atoms in total. The summed E-state index contributed by atoms with van der Waals surface area (Å²) >= 11 is 0. The Labute approximate surface area is 114 Å². The van der Waals surface area contributed by atoms with E-state index in [4.69, 9.17) is 5.73 Å². The van der Waals surface area contributed by atoms with Gasteiger partial charge in [0.1, 0.15) is 5.82 Å². The molecule has 6 heteroatoms. The van der Waals surface area contributed by atoms with Crippen molar-refractivity contribution < 1.29 is 12.8 Å². The number of hydrogen-bond donors (Lipinski definition) is 2. The van der Waals surface area contributed by atoms with Crippen LogP contribution in [0.25, 0.3) is 0 Å². The molecular formula is C13H21FN2O2S. The number of halogens is 1. The predicted octanol–water partition coefficient (Wildman–Crippen LogP) is 1.85. The van der Waals surface area contributed by atoms with E-state index in [1.807, 2.05) is 20.8 Å². The minimum atomic E-state index is -3.72. The van der Waals surface area contributed by atoms with Gasteiger partial charge in [-0.15, -0.1) is 0 Å². The lowest BCUT2D eigenvalue weighted by molar-refractivity contribution is 0.414. The third-order valence-electron chi connectivity index (χ3n) is 3.27. The van der Waals surface area contributed by atoms with Crippen molar-refractivity contribution in [2.45, 2.75) is 32.2 Å².